The highest BCUT2D eigenvalue weighted by Crippen LogP contribution is 2.32. The van der Waals surface area contributed by atoms with E-state index in [2.05, 4.69) is 0 Å². The predicted molar refractivity (Wildman–Crippen MR) is 80.4 cm³/mol. The van der Waals surface area contributed by atoms with Gasteiger partial charge >= 0.3 is 0 Å². The monoisotopic (exact) mass is 334 g/mol. The normalized spacial score (nSPS) is 10.5. The molecular formula is C13H9Cl3O2S. The maximum absolute atomic E-state index is 11.9. The Kier molecular flexibility index (Phi) is 4.74. The minimum atomic E-state index is -0.231. The van der Waals surface area contributed by atoms with Gasteiger partial charge in [0.2, 0.25) is 5.78 Å². The summed E-state index contributed by atoms with van der Waals surface area (Å²) in [5.74, 6) is 0.248. The molecular weight excluding hydrogens is 327 g/mol. The zero-order valence-corrected chi connectivity index (χ0v) is 13.0. The molecule has 2 aromatic rings. The molecule has 0 saturated carbocycles. The summed E-state index contributed by atoms with van der Waals surface area (Å²) in [4.78, 5) is 11.9. The fourth-order valence-electron chi connectivity index (χ4n) is 1.47. The number of Topliss-reactive ketones (excluding diaryl/α,β-unsaturated/α-hetero) is 1. The Morgan fingerprint density at radius 1 is 1.26 bits per heavy atom. The first kappa shape index (κ1) is 14.7. The first-order chi connectivity index (χ1) is 8.97. The summed E-state index contributed by atoms with van der Waals surface area (Å²) in [6, 6.07) is 6.91. The van der Waals surface area contributed by atoms with Crippen LogP contribution < -0.4 is 4.74 Å². The number of ether oxygens (including phenoxy) is 1. The van der Waals surface area contributed by atoms with E-state index in [1.54, 1.807) is 12.1 Å². The van der Waals surface area contributed by atoms with Crippen LogP contribution in [-0.4, -0.2) is 12.4 Å². The minimum absolute atomic E-state index is 0.129. The second-order valence-corrected chi connectivity index (χ2v) is 6.58. The first-order valence-electron chi connectivity index (χ1n) is 5.34. The van der Waals surface area contributed by atoms with E-state index in [1.165, 1.54) is 6.07 Å². The van der Waals surface area contributed by atoms with Crippen molar-refractivity contribution in [1.29, 1.82) is 0 Å². The molecule has 0 radical (unpaired) electrons. The van der Waals surface area contributed by atoms with E-state index in [9.17, 15) is 4.79 Å². The molecule has 0 amide bonds. The van der Waals surface area contributed by atoms with Crippen molar-refractivity contribution in [2.24, 2.45) is 0 Å². The third kappa shape index (κ3) is 3.63. The smallest absolute Gasteiger partial charge is 0.202 e. The summed E-state index contributed by atoms with van der Waals surface area (Å²) in [5.41, 5.74) is 1.38. The molecule has 1 aromatic heterocycles. The summed E-state index contributed by atoms with van der Waals surface area (Å²) >= 11 is 18.8. The van der Waals surface area contributed by atoms with Gasteiger partial charge < -0.3 is 4.74 Å². The van der Waals surface area contributed by atoms with E-state index in [0.717, 1.165) is 16.9 Å². The highest BCUT2D eigenvalue weighted by Gasteiger charge is 2.15. The molecule has 0 saturated heterocycles. The van der Waals surface area contributed by atoms with Gasteiger partial charge in [0.05, 0.1) is 14.9 Å². The zero-order chi connectivity index (χ0) is 14.0. The van der Waals surface area contributed by atoms with E-state index in [0.29, 0.717) is 25.0 Å². The quantitative estimate of drug-likeness (QED) is 0.711. The molecule has 100 valence electrons. The van der Waals surface area contributed by atoms with Gasteiger partial charge in [-0.2, -0.15) is 0 Å². The maximum Gasteiger partial charge on any atom is 0.202 e. The lowest BCUT2D eigenvalue weighted by Crippen LogP contribution is -2.11. The number of benzene rings is 1. The predicted octanol–water partition coefficient (Wildman–Crippen LogP) is 5.28. The topological polar surface area (TPSA) is 26.3 Å². The lowest BCUT2D eigenvalue weighted by Gasteiger charge is -2.07. The van der Waals surface area contributed by atoms with Gasteiger partial charge in [-0.25, -0.2) is 0 Å². The third-order valence-electron chi connectivity index (χ3n) is 2.40. The zero-order valence-electron chi connectivity index (χ0n) is 9.88. The average molecular weight is 336 g/mol. The van der Waals surface area contributed by atoms with Gasteiger partial charge in [0, 0.05) is 0 Å². The largest absolute Gasteiger partial charge is 0.484 e. The molecule has 6 heteroatoms. The van der Waals surface area contributed by atoms with Crippen LogP contribution in [0.25, 0.3) is 0 Å². The van der Waals surface area contributed by atoms with Gasteiger partial charge in [0.15, 0.2) is 6.61 Å². The highest BCUT2D eigenvalue weighted by molar-refractivity contribution is 7.20. The van der Waals surface area contributed by atoms with E-state index in [-0.39, 0.29) is 12.4 Å². The first-order valence-corrected chi connectivity index (χ1v) is 7.29. The van der Waals surface area contributed by atoms with Gasteiger partial charge in [0.25, 0.3) is 0 Å². The van der Waals surface area contributed by atoms with Gasteiger partial charge in [-0.1, -0.05) is 40.9 Å². The lowest BCUT2D eigenvalue weighted by molar-refractivity contribution is 0.0922. The SMILES string of the molecule is Cc1ccc(Cl)c(OCC(=O)c2cc(Cl)sc2Cl)c1. The molecule has 0 fully saturated rings. The van der Waals surface area contributed by atoms with Crippen molar-refractivity contribution < 1.29 is 9.53 Å². The van der Waals surface area contributed by atoms with Crippen molar-refractivity contribution in [3.8, 4) is 5.75 Å². The van der Waals surface area contributed by atoms with E-state index in [1.807, 2.05) is 13.0 Å². The van der Waals surface area contributed by atoms with Gasteiger partial charge in [-0.3, -0.25) is 4.79 Å². The van der Waals surface area contributed by atoms with Crippen LogP contribution in [0.4, 0.5) is 0 Å². The number of ketones is 1. The number of carbonyl (C=O) groups is 1. The highest BCUT2D eigenvalue weighted by atomic mass is 35.5. The molecule has 2 nitrogen and oxygen atoms in total. The van der Waals surface area contributed by atoms with E-state index in [4.69, 9.17) is 39.5 Å². The average Bonchev–Trinajstić information content (AvgIpc) is 2.69. The van der Waals surface area contributed by atoms with Crippen molar-refractivity contribution in [3.63, 3.8) is 0 Å². The van der Waals surface area contributed by atoms with Gasteiger partial charge in [0.1, 0.15) is 10.1 Å². The molecule has 0 aliphatic heterocycles. The minimum Gasteiger partial charge on any atom is -0.484 e. The van der Waals surface area contributed by atoms with Crippen LogP contribution in [0.3, 0.4) is 0 Å². The van der Waals surface area contributed by atoms with Crippen LogP contribution in [-0.2, 0) is 0 Å². The third-order valence-corrected chi connectivity index (χ3v) is 4.20. The summed E-state index contributed by atoms with van der Waals surface area (Å²) in [6.45, 7) is 1.79. The van der Waals surface area contributed by atoms with Crippen LogP contribution in [0.5, 0.6) is 5.75 Å². The summed E-state index contributed by atoms with van der Waals surface area (Å²) in [6.07, 6.45) is 0. The molecule has 0 bridgehead atoms. The Labute approximate surface area is 129 Å². The lowest BCUT2D eigenvalue weighted by atomic mass is 10.2. The van der Waals surface area contributed by atoms with Crippen molar-refractivity contribution in [1.82, 2.24) is 0 Å². The molecule has 0 aliphatic carbocycles. The van der Waals surface area contributed by atoms with E-state index < -0.39 is 0 Å². The Morgan fingerprint density at radius 3 is 2.63 bits per heavy atom. The fraction of sp³-hybridized carbons (Fsp3) is 0.154. The van der Waals surface area contributed by atoms with Crippen molar-refractivity contribution in [2.75, 3.05) is 6.61 Å². The van der Waals surface area contributed by atoms with Crippen LogP contribution in [0.15, 0.2) is 24.3 Å². The molecule has 1 heterocycles. The number of aryl methyl sites for hydroxylation is 1. The van der Waals surface area contributed by atoms with Crippen LogP contribution in [0.1, 0.15) is 15.9 Å². The number of halogens is 3. The molecule has 19 heavy (non-hydrogen) atoms. The Morgan fingerprint density at radius 2 is 2.00 bits per heavy atom. The van der Waals surface area contributed by atoms with Crippen LogP contribution in [0, 0.1) is 6.92 Å². The Bertz CT molecular complexity index is 622. The Balaban J connectivity index is 2.08. The second-order valence-electron chi connectivity index (χ2n) is 3.88. The van der Waals surface area contributed by atoms with Crippen molar-refractivity contribution >= 4 is 51.9 Å². The molecule has 2 rings (SSSR count). The van der Waals surface area contributed by atoms with E-state index >= 15 is 0 Å². The van der Waals surface area contributed by atoms with Crippen LogP contribution >= 0.6 is 46.1 Å². The molecule has 0 spiro atoms. The molecule has 0 atom stereocenters. The van der Waals surface area contributed by atoms with Gasteiger partial charge in [-0.15, -0.1) is 11.3 Å². The second kappa shape index (κ2) is 6.14. The molecule has 0 N–H and O–H groups in total. The summed E-state index contributed by atoms with van der Waals surface area (Å²) in [7, 11) is 0. The number of rotatable bonds is 4. The molecule has 0 unspecified atom stereocenters. The Hall–Kier alpha value is -0.740. The summed E-state index contributed by atoms with van der Waals surface area (Å²) < 4.78 is 6.26. The van der Waals surface area contributed by atoms with Gasteiger partial charge in [-0.05, 0) is 30.7 Å². The number of hydrogen-bond acceptors (Lipinski definition) is 3. The van der Waals surface area contributed by atoms with Crippen molar-refractivity contribution in [2.45, 2.75) is 6.92 Å². The maximum atomic E-state index is 11.9. The summed E-state index contributed by atoms with van der Waals surface area (Å²) in [5, 5.41) is 0.466. The number of carbonyl (C=O) groups excluding carboxylic acids is 1. The molecule has 0 aliphatic rings. The number of thiophene rings is 1. The van der Waals surface area contributed by atoms with Crippen molar-refractivity contribution in [3.05, 3.63) is 49.1 Å². The number of hydrogen-bond donors (Lipinski definition) is 0. The molecule has 1 aromatic carbocycles. The van der Waals surface area contributed by atoms with Crippen LogP contribution in [0.2, 0.25) is 13.7 Å². The standard InChI is InChI=1S/C13H9Cl3O2S/c1-7-2-3-9(14)11(4-7)18-6-10(17)8-5-12(15)19-13(8)16/h2-5H,6H2,1H3. The fourth-order valence-corrected chi connectivity index (χ4v) is 3.14.